The Kier molecular flexibility index (Phi) is 4.58. The van der Waals surface area contributed by atoms with E-state index in [0.717, 1.165) is 22.8 Å². The van der Waals surface area contributed by atoms with Crippen molar-refractivity contribution in [1.82, 2.24) is 9.36 Å². The van der Waals surface area contributed by atoms with Crippen LogP contribution in [0, 0.1) is 0 Å². The van der Waals surface area contributed by atoms with Crippen molar-refractivity contribution in [3.05, 3.63) is 5.82 Å². The molecule has 90 valence electrons. The molecule has 1 saturated carbocycles. The van der Waals surface area contributed by atoms with E-state index in [-0.39, 0.29) is 0 Å². The zero-order chi connectivity index (χ0) is 11.4. The summed E-state index contributed by atoms with van der Waals surface area (Å²) in [4.78, 5) is 6.83. The van der Waals surface area contributed by atoms with Gasteiger partial charge in [-0.25, -0.2) is 4.98 Å². The number of anilines is 1. The molecule has 0 amide bonds. The Morgan fingerprint density at radius 3 is 2.88 bits per heavy atom. The molecule has 0 radical (unpaired) electrons. The van der Waals surface area contributed by atoms with Gasteiger partial charge in [-0.2, -0.15) is 4.37 Å². The first-order valence-corrected chi connectivity index (χ1v) is 7.81. The molecule has 2 rings (SSSR count). The minimum atomic E-state index is 0.673. The van der Waals surface area contributed by atoms with Crippen LogP contribution in [0.3, 0.4) is 0 Å². The summed E-state index contributed by atoms with van der Waals surface area (Å²) in [6, 6.07) is 0. The second kappa shape index (κ2) is 5.96. The second-order valence-electron chi connectivity index (χ2n) is 4.38. The maximum absolute atomic E-state index is 4.60. The average Bonchev–Trinajstić information content (AvgIpc) is 3.02. The SMILES string of the molecule is CN(CCCCCBr)c1nc(C2CC2)ns1. The molecule has 3 nitrogen and oxygen atoms in total. The van der Waals surface area contributed by atoms with Gasteiger partial charge in [0.05, 0.1) is 0 Å². The first-order valence-electron chi connectivity index (χ1n) is 5.92. The number of hydrogen-bond acceptors (Lipinski definition) is 4. The smallest absolute Gasteiger partial charge is 0.204 e. The van der Waals surface area contributed by atoms with E-state index in [9.17, 15) is 0 Å². The summed E-state index contributed by atoms with van der Waals surface area (Å²) in [5.74, 6) is 1.75. The molecule has 1 aromatic rings. The Labute approximate surface area is 110 Å². The molecular formula is C11H18BrN3S. The van der Waals surface area contributed by atoms with Crippen molar-refractivity contribution in [2.75, 3.05) is 23.8 Å². The molecule has 1 fully saturated rings. The molecule has 1 aliphatic rings. The van der Waals surface area contributed by atoms with Crippen LogP contribution >= 0.6 is 27.5 Å². The van der Waals surface area contributed by atoms with Gasteiger partial charge in [-0.1, -0.05) is 22.4 Å². The van der Waals surface area contributed by atoms with Gasteiger partial charge in [0.2, 0.25) is 5.13 Å². The topological polar surface area (TPSA) is 29.0 Å². The summed E-state index contributed by atoms with van der Waals surface area (Å²) in [6.07, 6.45) is 6.35. The molecule has 0 spiro atoms. The van der Waals surface area contributed by atoms with Gasteiger partial charge in [0.1, 0.15) is 5.82 Å². The first-order chi connectivity index (χ1) is 7.81. The summed E-state index contributed by atoms with van der Waals surface area (Å²) >= 11 is 5.00. The van der Waals surface area contributed by atoms with Gasteiger partial charge in [0, 0.05) is 36.4 Å². The van der Waals surface area contributed by atoms with Gasteiger partial charge in [-0.3, -0.25) is 0 Å². The molecule has 1 aliphatic carbocycles. The zero-order valence-electron chi connectivity index (χ0n) is 9.65. The summed E-state index contributed by atoms with van der Waals surface area (Å²) < 4.78 is 4.43. The van der Waals surface area contributed by atoms with Gasteiger partial charge < -0.3 is 4.90 Å². The molecule has 5 heteroatoms. The van der Waals surface area contributed by atoms with Crippen molar-refractivity contribution >= 4 is 32.6 Å². The summed E-state index contributed by atoms with van der Waals surface area (Å²) in [5, 5.41) is 2.20. The lowest BCUT2D eigenvalue weighted by molar-refractivity contribution is 0.709. The first kappa shape index (κ1) is 12.3. The van der Waals surface area contributed by atoms with Gasteiger partial charge in [0.15, 0.2) is 0 Å². The number of hydrogen-bond donors (Lipinski definition) is 0. The molecule has 0 bridgehead atoms. The highest BCUT2D eigenvalue weighted by Gasteiger charge is 2.28. The monoisotopic (exact) mass is 303 g/mol. The van der Waals surface area contributed by atoms with Gasteiger partial charge in [0.25, 0.3) is 0 Å². The van der Waals surface area contributed by atoms with Crippen LogP contribution in [-0.4, -0.2) is 28.3 Å². The summed E-state index contributed by atoms with van der Waals surface area (Å²) in [6.45, 7) is 1.09. The maximum atomic E-state index is 4.60. The van der Waals surface area contributed by atoms with E-state index in [2.05, 4.69) is 37.2 Å². The van der Waals surface area contributed by atoms with Crippen molar-refractivity contribution in [2.24, 2.45) is 0 Å². The van der Waals surface area contributed by atoms with Crippen LogP contribution in [0.25, 0.3) is 0 Å². The standard InChI is InChI=1S/C11H18BrN3S/c1-15(8-4-2-3-7-12)11-13-10(14-16-11)9-5-6-9/h9H,2-8H2,1H3. The van der Waals surface area contributed by atoms with E-state index in [1.165, 1.54) is 32.1 Å². The Bertz CT molecular complexity index is 325. The van der Waals surface area contributed by atoms with Crippen LogP contribution < -0.4 is 4.90 Å². The highest BCUT2D eigenvalue weighted by Crippen LogP contribution is 2.39. The number of aromatic nitrogens is 2. The lowest BCUT2D eigenvalue weighted by atomic mass is 10.2. The van der Waals surface area contributed by atoms with Crippen LogP contribution in [0.2, 0.25) is 0 Å². The Morgan fingerprint density at radius 1 is 1.38 bits per heavy atom. The molecule has 0 unspecified atom stereocenters. The minimum absolute atomic E-state index is 0.673. The number of rotatable bonds is 7. The largest absolute Gasteiger partial charge is 0.350 e. The predicted octanol–water partition coefficient (Wildman–Crippen LogP) is 3.42. The number of alkyl halides is 1. The van der Waals surface area contributed by atoms with Gasteiger partial charge in [-0.15, -0.1) is 0 Å². The fourth-order valence-electron chi connectivity index (χ4n) is 1.60. The minimum Gasteiger partial charge on any atom is -0.350 e. The number of unbranched alkanes of at least 4 members (excludes halogenated alkanes) is 2. The molecule has 1 heterocycles. The van der Waals surface area contributed by atoms with Crippen LogP contribution in [0.15, 0.2) is 0 Å². The second-order valence-corrected chi connectivity index (χ2v) is 5.90. The summed E-state index contributed by atoms with van der Waals surface area (Å²) in [5.41, 5.74) is 0. The van der Waals surface area contributed by atoms with E-state index >= 15 is 0 Å². The summed E-state index contributed by atoms with van der Waals surface area (Å²) in [7, 11) is 2.12. The third-order valence-corrected chi connectivity index (χ3v) is 4.23. The third kappa shape index (κ3) is 3.42. The molecule has 16 heavy (non-hydrogen) atoms. The fourth-order valence-corrected chi connectivity index (χ4v) is 2.73. The van der Waals surface area contributed by atoms with E-state index in [4.69, 9.17) is 0 Å². The van der Waals surface area contributed by atoms with Crippen molar-refractivity contribution in [1.29, 1.82) is 0 Å². The number of halogens is 1. The van der Waals surface area contributed by atoms with Crippen molar-refractivity contribution < 1.29 is 0 Å². The van der Waals surface area contributed by atoms with E-state index in [1.54, 1.807) is 11.5 Å². The predicted molar refractivity (Wildman–Crippen MR) is 72.8 cm³/mol. The van der Waals surface area contributed by atoms with Gasteiger partial charge >= 0.3 is 0 Å². The third-order valence-electron chi connectivity index (χ3n) is 2.83. The molecule has 0 saturated heterocycles. The van der Waals surface area contributed by atoms with Crippen LogP contribution in [0.4, 0.5) is 5.13 Å². The molecular weight excluding hydrogens is 286 g/mol. The Morgan fingerprint density at radius 2 is 2.19 bits per heavy atom. The molecule has 1 aromatic heterocycles. The lowest BCUT2D eigenvalue weighted by Crippen LogP contribution is -2.18. The normalized spacial score (nSPS) is 15.4. The van der Waals surface area contributed by atoms with Crippen molar-refractivity contribution in [2.45, 2.75) is 38.0 Å². The van der Waals surface area contributed by atoms with Crippen LogP contribution in [0.5, 0.6) is 0 Å². The average molecular weight is 304 g/mol. The van der Waals surface area contributed by atoms with Crippen LogP contribution in [0.1, 0.15) is 43.8 Å². The van der Waals surface area contributed by atoms with Crippen molar-refractivity contribution in [3.63, 3.8) is 0 Å². The zero-order valence-corrected chi connectivity index (χ0v) is 12.1. The molecule has 0 N–H and O–H groups in total. The molecule has 0 aliphatic heterocycles. The van der Waals surface area contributed by atoms with E-state index < -0.39 is 0 Å². The van der Waals surface area contributed by atoms with Gasteiger partial charge in [-0.05, 0) is 25.7 Å². The van der Waals surface area contributed by atoms with Crippen LogP contribution in [-0.2, 0) is 0 Å². The highest BCUT2D eigenvalue weighted by atomic mass is 79.9. The van der Waals surface area contributed by atoms with E-state index in [0.29, 0.717) is 5.92 Å². The quantitative estimate of drug-likeness (QED) is 0.571. The highest BCUT2D eigenvalue weighted by molar-refractivity contribution is 9.09. The Hall–Kier alpha value is -0.160. The molecule has 0 aromatic carbocycles. The number of nitrogens with zero attached hydrogens (tertiary/aromatic N) is 3. The maximum Gasteiger partial charge on any atom is 0.204 e. The lowest BCUT2D eigenvalue weighted by Gasteiger charge is -2.14. The van der Waals surface area contributed by atoms with Crippen molar-refractivity contribution in [3.8, 4) is 0 Å². The molecule has 0 atom stereocenters. The fraction of sp³-hybridized carbons (Fsp3) is 0.818. The Balaban J connectivity index is 1.76. The van der Waals surface area contributed by atoms with E-state index in [1.807, 2.05) is 0 Å².